The summed E-state index contributed by atoms with van der Waals surface area (Å²) in [5, 5.41) is 25.0. The number of hydrogen-bond acceptors (Lipinski definition) is 9. The standard InChI is InChI=1S/C39H62N6O5S/c1-28(2)21-34(46)38(50)33(22-29-11-6-4-7-12-29)45(25-32-27-51-39(40)42-32)36(48)17-16-35(47)44(24-31-13-8-5-9-14-31)26-37(49)43(3)20-18-30-15-10-19-41-23-30/h10,15,19,23,27-29,31,33-34,38,46,50H,4-9,11-14,16-18,20-22,24-26H2,1-3H3,(H2,40,42)/t33-,34-,38+/m0/s1. The molecule has 2 aliphatic rings. The third kappa shape index (κ3) is 13.4. The van der Waals surface area contributed by atoms with Crippen LogP contribution in [0.15, 0.2) is 29.9 Å². The molecule has 4 N–H and O–H groups in total. The van der Waals surface area contributed by atoms with Crippen molar-refractivity contribution in [3.63, 3.8) is 0 Å². The maximum Gasteiger partial charge on any atom is 0.241 e. The van der Waals surface area contributed by atoms with Crippen LogP contribution in [0.25, 0.3) is 0 Å². The van der Waals surface area contributed by atoms with Crippen molar-refractivity contribution in [3.8, 4) is 0 Å². The van der Waals surface area contributed by atoms with E-state index in [2.05, 4.69) is 9.97 Å². The van der Waals surface area contributed by atoms with Crippen LogP contribution in [0.4, 0.5) is 5.13 Å². The lowest BCUT2D eigenvalue weighted by atomic mass is 9.81. The molecule has 3 amide bonds. The van der Waals surface area contributed by atoms with Gasteiger partial charge in [0.1, 0.15) is 6.10 Å². The van der Waals surface area contributed by atoms with Crippen LogP contribution >= 0.6 is 11.3 Å². The summed E-state index contributed by atoms with van der Waals surface area (Å²) >= 11 is 1.29. The summed E-state index contributed by atoms with van der Waals surface area (Å²) in [4.78, 5) is 55.2. The molecule has 0 saturated heterocycles. The van der Waals surface area contributed by atoms with E-state index >= 15 is 0 Å². The number of carbonyl (C=O) groups excluding carboxylic acids is 3. The molecule has 12 heteroatoms. The number of carbonyl (C=O) groups is 3. The molecule has 2 saturated carbocycles. The fourth-order valence-electron chi connectivity index (χ4n) is 7.76. The van der Waals surface area contributed by atoms with Gasteiger partial charge in [0.2, 0.25) is 17.7 Å². The van der Waals surface area contributed by atoms with Crippen LogP contribution in [0, 0.1) is 17.8 Å². The highest BCUT2D eigenvalue weighted by molar-refractivity contribution is 7.13. The average molecular weight is 727 g/mol. The lowest BCUT2D eigenvalue weighted by Crippen LogP contribution is -2.52. The SMILES string of the molecule is CC(C)C[C@H](O)[C@H](O)[C@H](CC1CCCCC1)N(Cc1csc(N)n1)C(=O)CCC(=O)N(CC(=O)N(C)CCc1cccnc1)CC1CCCCC1. The molecule has 0 bridgehead atoms. The van der Waals surface area contributed by atoms with Crippen LogP contribution < -0.4 is 5.73 Å². The molecule has 2 aromatic rings. The van der Waals surface area contributed by atoms with Gasteiger partial charge in [-0.15, -0.1) is 11.3 Å². The second-order valence-corrected chi connectivity index (χ2v) is 16.3. The first-order valence-corrected chi connectivity index (χ1v) is 20.1. The van der Waals surface area contributed by atoms with Gasteiger partial charge in [0.25, 0.3) is 0 Å². The van der Waals surface area contributed by atoms with Gasteiger partial charge < -0.3 is 30.6 Å². The predicted octanol–water partition coefficient (Wildman–Crippen LogP) is 5.45. The van der Waals surface area contributed by atoms with Crippen LogP contribution in [-0.4, -0.2) is 97.5 Å². The topological polar surface area (TPSA) is 153 Å². The molecule has 2 heterocycles. The maximum absolute atomic E-state index is 14.3. The zero-order valence-electron chi connectivity index (χ0n) is 31.1. The third-order valence-electron chi connectivity index (χ3n) is 10.7. The Morgan fingerprint density at radius 1 is 0.961 bits per heavy atom. The Balaban J connectivity index is 1.49. The van der Waals surface area contributed by atoms with Gasteiger partial charge in [0.05, 0.1) is 30.9 Å². The molecule has 11 nitrogen and oxygen atoms in total. The first kappa shape index (κ1) is 40.7. The molecule has 0 aromatic carbocycles. The molecule has 0 radical (unpaired) electrons. The second kappa shape index (κ2) is 20.8. The monoisotopic (exact) mass is 726 g/mol. The second-order valence-electron chi connectivity index (χ2n) is 15.4. The summed E-state index contributed by atoms with van der Waals surface area (Å²) in [5.74, 6) is 0.198. The lowest BCUT2D eigenvalue weighted by Gasteiger charge is -2.39. The lowest BCUT2D eigenvalue weighted by molar-refractivity contribution is -0.145. The Morgan fingerprint density at radius 3 is 2.24 bits per heavy atom. The molecule has 3 atom stereocenters. The van der Waals surface area contributed by atoms with Gasteiger partial charge in [-0.05, 0) is 61.5 Å². The minimum absolute atomic E-state index is 0.0285. The number of aromatic nitrogens is 2. The normalized spacial score (nSPS) is 17.5. The first-order chi connectivity index (χ1) is 24.5. The third-order valence-corrected chi connectivity index (χ3v) is 11.5. The van der Waals surface area contributed by atoms with Crippen molar-refractivity contribution in [2.45, 2.75) is 135 Å². The highest BCUT2D eigenvalue weighted by Gasteiger charge is 2.37. The Hall–Kier alpha value is -3.09. The fourth-order valence-corrected chi connectivity index (χ4v) is 8.31. The van der Waals surface area contributed by atoms with Crippen molar-refractivity contribution in [2.24, 2.45) is 17.8 Å². The van der Waals surface area contributed by atoms with Crippen molar-refractivity contribution in [1.82, 2.24) is 24.7 Å². The minimum Gasteiger partial charge on any atom is -0.390 e. The van der Waals surface area contributed by atoms with E-state index in [1.165, 1.54) is 24.2 Å². The maximum atomic E-state index is 14.3. The van der Waals surface area contributed by atoms with E-state index in [1.807, 2.05) is 31.4 Å². The number of thiazole rings is 1. The molecule has 284 valence electrons. The Kier molecular flexibility index (Phi) is 16.6. The summed E-state index contributed by atoms with van der Waals surface area (Å²) in [6.07, 6.45) is 13.8. The van der Waals surface area contributed by atoms with Gasteiger partial charge in [-0.25, -0.2) is 4.98 Å². The number of rotatable bonds is 19. The van der Waals surface area contributed by atoms with Gasteiger partial charge >= 0.3 is 0 Å². The number of anilines is 1. The quantitative estimate of drug-likeness (QED) is 0.173. The molecule has 0 unspecified atom stereocenters. The summed E-state index contributed by atoms with van der Waals surface area (Å²) in [6, 6.07) is 3.22. The molecular formula is C39H62N6O5S. The number of amides is 3. The highest BCUT2D eigenvalue weighted by atomic mass is 32.1. The van der Waals surface area contributed by atoms with Gasteiger partial charge in [0.15, 0.2) is 5.13 Å². The van der Waals surface area contributed by atoms with E-state index in [-0.39, 0.29) is 49.6 Å². The van der Waals surface area contributed by atoms with E-state index in [9.17, 15) is 24.6 Å². The summed E-state index contributed by atoms with van der Waals surface area (Å²) in [7, 11) is 1.76. The Bertz CT molecular complexity index is 1350. The van der Waals surface area contributed by atoms with Gasteiger partial charge in [-0.1, -0.05) is 71.3 Å². The molecule has 2 aliphatic carbocycles. The van der Waals surface area contributed by atoms with Crippen LogP contribution in [0.5, 0.6) is 0 Å². The van der Waals surface area contributed by atoms with E-state index in [4.69, 9.17) is 5.73 Å². The fraction of sp³-hybridized carbons (Fsp3) is 0.718. The van der Waals surface area contributed by atoms with Crippen LogP contribution in [0.3, 0.4) is 0 Å². The molecule has 51 heavy (non-hydrogen) atoms. The number of aliphatic hydroxyl groups is 2. The van der Waals surface area contributed by atoms with E-state index in [1.54, 1.807) is 34.1 Å². The number of nitrogens with two attached hydrogens (primary N) is 1. The molecule has 0 aliphatic heterocycles. The molecule has 0 spiro atoms. The zero-order valence-corrected chi connectivity index (χ0v) is 31.9. The molecule has 2 aromatic heterocycles. The molecular weight excluding hydrogens is 665 g/mol. The van der Waals surface area contributed by atoms with Crippen molar-refractivity contribution in [1.29, 1.82) is 0 Å². The zero-order chi connectivity index (χ0) is 36.8. The molecule has 4 rings (SSSR count). The van der Waals surface area contributed by atoms with E-state index in [0.717, 1.165) is 56.9 Å². The van der Waals surface area contributed by atoms with Crippen LogP contribution in [-0.2, 0) is 27.3 Å². The summed E-state index contributed by atoms with van der Waals surface area (Å²) < 4.78 is 0. The van der Waals surface area contributed by atoms with Gasteiger partial charge in [-0.2, -0.15) is 0 Å². The van der Waals surface area contributed by atoms with Crippen molar-refractivity contribution >= 4 is 34.2 Å². The van der Waals surface area contributed by atoms with Crippen molar-refractivity contribution < 1.29 is 24.6 Å². The Labute approximate surface area is 309 Å². The van der Waals surface area contributed by atoms with Gasteiger partial charge in [0, 0.05) is 50.8 Å². The van der Waals surface area contributed by atoms with Crippen LogP contribution in [0.1, 0.15) is 115 Å². The number of aliphatic hydroxyl groups excluding tert-OH is 2. The predicted molar refractivity (Wildman–Crippen MR) is 201 cm³/mol. The van der Waals surface area contributed by atoms with Crippen molar-refractivity contribution in [3.05, 3.63) is 41.2 Å². The molecule has 2 fully saturated rings. The summed E-state index contributed by atoms with van der Waals surface area (Å²) in [5.41, 5.74) is 7.63. The average Bonchev–Trinajstić information content (AvgIpc) is 3.55. The number of hydrogen-bond donors (Lipinski definition) is 3. The van der Waals surface area contributed by atoms with E-state index in [0.29, 0.717) is 55.0 Å². The summed E-state index contributed by atoms with van der Waals surface area (Å²) in [6.45, 7) is 5.12. The number of likely N-dealkylation sites (N-methyl/N-ethyl adjacent to an activating group) is 1. The first-order valence-electron chi connectivity index (χ1n) is 19.3. The number of pyridine rings is 1. The van der Waals surface area contributed by atoms with Gasteiger partial charge in [-0.3, -0.25) is 19.4 Å². The number of nitrogens with zero attached hydrogens (tertiary/aromatic N) is 5. The highest BCUT2D eigenvalue weighted by Crippen LogP contribution is 2.32. The van der Waals surface area contributed by atoms with Crippen LogP contribution in [0.2, 0.25) is 0 Å². The smallest absolute Gasteiger partial charge is 0.241 e. The minimum atomic E-state index is -1.15. The number of nitrogen functional groups attached to an aromatic ring is 1. The Morgan fingerprint density at radius 2 is 1.63 bits per heavy atom. The van der Waals surface area contributed by atoms with E-state index < -0.39 is 18.2 Å². The largest absolute Gasteiger partial charge is 0.390 e. The van der Waals surface area contributed by atoms with Crippen molar-refractivity contribution in [2.75, 3.05) is 32.4 Å².